The SMILES string of the molecule is CCOCCN(C(=O)c1c(O)c2cc(SC)ccc2n(C)c1=O)c1ccccc1. The van der Waals surface area contributed by atoms with Crippen molar-refractivity contribution in [3.63, 3.8) is 0 Å². The number of carbonyl (C=O) groups excluding carboxylic acids is 1. The Morgan fingerprint density at radius 1 is 1.21 bits per heavy atom. The molecule has 152 valence electrons. The van der Waals surface area contributed by atoms with E-state index in [-0.39, 0.29) is 17.9 Å². The number of benzene rings is 2. The minimum atomic E-state index is -0.551. The van der Waals surface area contributed by atoms with Crippen LogP contribution in [-0.4, -0.2) is 41.6 Å². The van der Waals surface area contributed by atoms with E-state index in [1.807, 2.05) is 37.4 Å². The number of rotatable bonds is 7. The second-order valence-corrected chi connectivity index (χ2v) is 7.34. The summed E-state index contributed by atoms with van der Waals surface area (Å²) < 4.78 is 6.81. The van der Waals surface area contributed by atoms with Crippen LogP contribution in [0.3, 0.4) is 0 Å². The number of hydrogen-bond acceptors (Lipinski definition) is 5. The molecule has 29 heavy (non-hydrogen) atoms. The molecule has 3 aromatic rings. The monoisotopic (exact) mass is 412 g/mol. The molecule has 0 aliphatic carbocycles. The van der Waals surface area contributed by atoms with Gasteiger partial charge in [0.05, 0.1) is 12.1 Å². The Labute approximate surface area is 173 Å². The zero-order valence-electron chi connectivity index (χ0n) is 16.7. The summed E-state index contributed by atoms with van der Waals surface area (Å²) in [5.74, 6) is -0.841. The normalized spacial score (nSPS) is 11.0. The van der Waals surface area contributed by atoms with Gasteiger partial charge in [0.15, 0.2) is 0 Å². The van der Waals surface area contributed by atoms with Crippen molar-refractivity contribution in [2.45, 2.75) is 11.8 Å². The molecular weight excluding hydrogens is 388 g/mol. The number of carbonyl (C=O) groups is 1. The highest BCUT2D eigenvalue weighted by atomic mass is 32.2. The van der Waals surface area contributed by atoms with Crippen molar-refractivity contribution in [1.82, 2.24) is 4.57 Å². The third-order valence-corrected chi connectivity index (χ3v) is 5.49. The summed E-state index contributed by atoms with van der Waals surface area (Å²) in [7, 11) is 1.60. The first kappa shape index (κ1) is 21.0. The Hall–Kier alpha value is -2.77. The molecule has 1 aromatic heterocycles. The van der Waals surface area contributed by atoms with Gasteiger partial charge in [-0.3, -0.25) is 9.59 Å². The largest absolute Gasteiger partial charge is 0.506 e. The van der Waals surface area contributed by atoms with Crippen molar-refractivity contribution >= 4 is 34.3 Å². The average Bonchev–Trinajstić information content (AvgIpc) is 2.75. The standard InChI is InChI=1S/C22H24N2O4S/c1-4-28-13-12-24(15-8-6-5-7-9-15)22(27)19-20(25)17-14-16(29-3)10-11-18(17)23(2)21(19)26/h5-11,14,25H,4,12-13H2,1-3H3. The molecule has 0 radical (unpaired) electrons. The minimum absolute atomic E-state index is 0.237. The van der Waals surface area contributed by atoms with E-state index in [1.165, 1.54) is 21.2 Å². The third-order valence-electron chi connectivity index (χ3n) is 4.77. The second kappa shape index (κ2) is 9.15. The predicted octanol–water partition coefficient (Wildman–Crippen LogP) is 3.65. The van der Waals surface area contributed by atoms with Crippen molar-refractivity contribution in [3.05, 3.63) is 64.4 Å². The molecule has 1 amide bonds. The highest BCUT2D eigenvalue weighted by Gasteiger charge is 2.26. The first-order valence-corrected chi connectivity index (χ1v) is 10.6. The molecule has 0 saturated heterocycles. The lowest BCUT2D eigenvalue weighted by atomic mass is 10.1. The number of pyridine rings is 1. The Morgan fingerprint density at radius 3 is 2.59 bits per heavy atom. The molecule has 3 rings (SSSR count). The van der Waals surface area contributed by atoms with Gasteiger partial charge in [-0.25, -0.2) is 0 Å². The van der Waals surface area contributed by atoms with E-state index in [0.29, 0.717) is 29.8 Å². The van der Waals surface area contributed by atoms with Gasteiger partial charge in [0.2, 0.25) is 0 Å². The van der Waals surface area contributed by atoms with Crippen LogP contribution in [0.15, 0.2) is 58.2 Å². The van der Waals surface area contributed by atoms with Crippen molar-refractivity contribution in [3.8, 4) is 5.75 Å². The maximum atomic E-state index is 13.4. The summed E-state index contributed by atoms with van der Waals surface area (Å²) >= 11 is 1.52. The molecule has 0 saturated carbocycles. The van der Waals surface area contributed by atoms with Gasteiger partial charge >= 0.3 is 0 Å². The zero-order chi connectivity index (χ0) is 21.0. The van der Waals surface area contributed by atoms with Crippen molar-refractivity contribution < 1.29 is 14.6 Å². The van der Waals surface area contributed by atoms with E-state index in [1.54, 1.807) is 31.3 Å². The summed E-state index contributed by atoms with van der Waals surface area (Å²) in [5, 5.41) is 11.4. The van der Waals surface area contributed by atoms with Crippen molar-refractivity contribution in [2.75, 3.05) is 30.9 Å². The lowest BCUT2D eigenvalue weighted by Crippen LogP contribution is -2.38. The van der Waals surface area contributed by atoms with Gasteiger partial charge in [0.1, 0.15) is 11.3 Å². The molecule has 0 bridgehead atoms. The van der Waals surface area contributed by atoms with Crippen LogP contribution in [0.25, 0.3) is 10.9 Å². The van der Waals surface area contributed by atoms with Crippen LogP contribution in [0.2, 0.25) is 0 Å². The highest BCUT2D eigenvalue weighted by molar-refractivity contribution is 7.98. The molecule has 0 aliphatic heterocycles. The number of thioether (sulfide) groups is 1. The summed E-state index contributed by atoms with van der Waals surface area (Å²) in [4.78, 5) is 28.8. The molecule has 0 atom stereocenters. The van der Waals surface area contributed by atoms with E-state index in [2.05, 4.69) is 0 Å². The lowest BCUT2D eigenvalue weighted by Gasteiger charge is -2.23. The van der Waals surface area contributed by atoms with Crippen molar-refractivity contribution in [2.24, 2.45) is 7.05 Å². The number of para-hydroxylation sites is 1. The molecule has 0 fully saturated rings. The number of nitrogens with zero attached hydrogens (tertiary/aromatic N) is 2. The van der Waals surface area contributed by atoms with Gasteiger partial charge in [-0.05, 0) is 43.5 Å². The van der Waals surface area contributed by atoms with Crippen molar-refractivity contribution in [1.29, 1.82) is 0 Å². The zero-order valence-corrected chi connectivity index (χ0v) is 17.5. The fraction of sp³-hybridized carbons (Fsp3) is 0.273. The minimum Gasteiger partial charge on any atom is -0.506 e. The van der Waals surface area contributed by atoms with Crippen LogP contribution < -0.4 is 10.5 Å². The maximum Gasteiger partial charge on any atom is 0.267 e. The molecule has 6 nitrogen and oxygen atoms in total. The number of amides is 1. The number of aromatic nitrogens is 1. The van der Waals surface area contributed by atoms with Gasteiger partial charge in [-0.1, -0.05) is 18.2 Å². The van der Waals surface area contributed by atoms with Gasteiger partial charge in [0.25, 0.3) is 11.5 Å². The van der Waals surface area contributed by atoms with Crippen LogP contribution >= 0.6 is 11.8 Å². The fourth-order valence-corrected chi connectivity index (χ4v) is 3.66. The van der Waals surface area contributed by atoms with E-state index < -0.39 is 11.5 Å². The van der Waals surface area contributed by atoms with Crippen LogP contribution in [0.4, 0.5) is 5.69 Å². The Kier molecular flexibility index (Phi) is 6.61. The molecule has 1 heterocycles. The van der Waals surface area contributed by atoms with Gasteiger partial charge in [0, 0.05) is 36.2 Å². The molecule has 0 aliphatic rings. The lowest BCUT2D eigenvalue weighted by molar-refractivity contribution is 0.0961. The van der Waals surface area contributed by atoms with E-state index >= 15 is 0 Å². The topological polar surface area (TPSA) is 71.8 Å². The highest BCUT2D eigenvalue weighted by Crippen LogP contribution is 2.31. The molecule has 1 N–H and O–H groups in total. The number of hydrogen-bond donors (Lipinski definition) is 1. The summed E-state index contributed by atoms with van der Waals surface area (Å²) in [6.45, 7) is 2.99. The predicted molar refractivity (Wildman–Crippen MR) is 117 cm³/mol. The van der Waals surface area contributed by atoms with Crippen LogP contribution in [-0.2, 0) is 11.8 Å². The summed E-state index contributed by atoms with van der Waals surface area (Å²) in [6.07, 6.45) is 1.93. The Morgan fingerprint density at radius 2 is 1.93 bits per heavy atom. The molecular formula is C22H24N2O4S. The van der Waals surface area contributed by atoms with Crippen LogP contribution in [0.1, 0.15) is 17.3 Å². The summed E-state index contributed by atoms with van der Waals surface area (Å²) in [5.41, 5.74) is 0.437. The molecule has 2 aromatic carbocycles. The first-order chi connectivity index (χ1) is 14.0. The number of fused-ring (bicyclic) bond motifs is 1. The number of aryl methyl sites for hydroxylation is 1. The van der Waals surface area contributed by atoms with E-state index in [4.69, 9.17) is 4.74 Å². The van der Waals surface area contributed by atoms with Crippen LogP contribution in [0.5, 0.6) is 5.75 Å². The second-order valence-electron chi connectivity index (χ2n) is 6.46. The molecule has 7 heteroatoms. The fourth-order valence-electron chi connectivity index (χ4n) is 3.22. The molecule has 0 spiro atoms. The maximum absolute atomic E-state index is 13.4. The van der Waals surface area contributed by atoms with Crippen LogP contribution in [0, 0.1) is 0 Å². The number of ether oxygens (including phenoxy) is 1. The Balaban J connectivity index is 2.15. The van der Waals surface area contributed by atoms with Gasteiger partial charge in [-0.2, -0.15) is 0 Å². The van der Waals surface area contributed by atoms with Gasteiger partial charge < -0.3 is 19.3 Å². The quantitative estimate of drug-likeness (QED) is 0.474. The number of anilines is 1. The van der Waals surface area contributed by atoms with E-state index in [0.717, 1.165) is 4.90 Å². The van der Waals surface area contributed by atoms with Gasteiger partial charge in [-0.15, -0.1) is 11.8 Å². The number of aromatic hydroxyl groups is 1. The summed E-state index contributed by atoms with van der Waals surface area (Å²) in [6, 6.07) is 14.5. The average molecular weight is 413 g/mol. The smallest absolute Gasteiger partial charge is 0.267 e. The first-order valence-electron chi connectivity index (χ1n) is 9.34. The molecule has 0 unspecified atom stereocenters. The Bertz CT molecular complexity index is 1080. The van der Waals surface area contributed by atoms with E-state index in [9.17, 15) is 14.7 Å². The third kappa shape index (κ3) is 4.16.